The lowest BCUT2D eigenvalue weighted by Crippen LogP contribution is -2.39. The largest absolute Gasteiger partial charge is 0.497 e. The maximum atomic E-state index is 11.4. The molecule has 28 heavy (non-hydrogen) atoms. The van der Waals surface area contributed by atoms with Crippen LogP contribution >= 0.6 is 24.0 Å². The summed E-state index contributed by atoms with van der Waals surface area (Å²) in [6.07, 6.45) is 0.559. The van der Waals surface area contributed by atoms with Crippen LogP contribution < -0.4 is 24.8 Å². The Morgan fingerprint density at radius 1 is 1.18 bits per heavy atom. The maximum Gasteiger partial charge on any atom is 0.211 e. The molecule has 0 spiro atoms. The number of benzene rings is 1. The van der Waals surface area contributed by atoms with Crippen molar-refractivity contribution in [2.75, 3.05) is 39.0 Å². The van der Waals surface area contributed by atoms with Crippen LogP contribution in [0.5, 0.6) is 11.5 Å². The fourth-order valence-corrected chi connectivity index (χ4v) is 2.79. The first-order chi connectivity index (χ1) is 12.9. The Morgan fingerprint density at radius 2 is 1.89 bits per heavy atom. The summed E-state index contributed by atoms with van der Waals surface area (Å²) in [5, 5.41) is 6.35. The quantitative estimate of drug-likeness (QED) is 0.166. The number of methoxy groups -OCH3 is 1. The third kappa shape index (κ3) is 11.5. The van der Waals surface area contributed by atoms with Crippen molar-refractivity contribution in [3.8, 4) is 11.5 Å². The van der Waals surface area contributed by atoms with E-state index in [-0.39, 0.29) is 35.8 Å². The van der Waals surface area contributed by atoms with Gasteiger partial charge in [0.2, 0.25) is 10.0 Å². The van der Waals surface area contributed by atoms with E-state index >= 15 is 0 Å². The molecule has 0 fully saturated rings. The van der Waals surface area contributed by atoms with Crippen molar-refractivity contribution in [2.24, 2.45) is 4.99 Å². The summed E-state index contributed by atoms with van der Waals surface area (Å²) in [5.74, 6) is 2.25. The molecule has 1 rings (SSSR count). The number of hydrogen-bond donors (Lipinski definition) is 3. The van der Waals surface area contributed by atoms with Crippen LogP contribution in [-0.4, -0.2) is 59.5 Å². The first-order valence-corrected chi connectivity index (χ1v) is 10.9. The van der Waals surface area contributed by atoms with Gasteiger partial charge < -0.3 is 20.1 Å². The fraction of sp³-hybridized carbons (Fsp3) is 0.611. The van der Waals surface area contributed by atoms with Crippen LogP contribution in [-0.2, 0) is 10.0 Å². The zero-order valence-electron chi connectivity index (χ0n) is 17.0. The third-order valence-corrected chi connectivity index (χ3v) is 4.98. The van der Waals surface area contributed by atoms with Gasteiger partial charge in [-0.15, -0.1) is 24.0 Å². The summed E-state index contributed by atoms with van der Waals surface area (Å²) in [6.45, 7) is 7.79. The number of aliphatic imine (C=N–C) groups is 1. The molecule has 0 radical (unpaired) electrons. The van der Waals surface area contributed by atoms with Crippen LogP contribution in [0.2, 0.25) is 0 Å². The summed E-state index contributed by atoms with van der Waals surface area (Å²) in [6, 6.07) is 7.45. The standard InChI is InChI=1S/C18H32N4O4S.HI/c1-5-19-18(20-11-8-12-22-27(23,24)6-2)21-14-15(3)26-17-10-7-9-16(13-17)25-4;/h7,9-10,13,15,22H,5-6,8,11-12,14H2,1-4H3,(H2,19,20,21);1H. The Kier molecular flexibility index (Phi) is 14.0. The summed E-state index contributed by atoms with van der Waals surface area (Å²) >= 11 is 0. The van der Waals surface area contributed by atoms with Crippen LogP contribution in [0.4, 0.5) is 0 Å². The minimum atomic E-state index is -3.14. The van der Waals surface area contributed by atoms with Gasteiger partial charge >= 0.3 is 0 Å². The minimum Gasteiger partial charge on any atom is -0.497 e. The molecule has 0 aliphatic heterocycles. The molecule has 0 aliphatic carbocycles. The molecule has 0 aromatic heterocycles. The lowest BCUT2D eigenvalue weighted by molar-refractivity contribution is 0.229. The Balaban J connectivity index is 0.00000729. The van der Waals surface area contributed by atoms with Crippen LogP contribution in [0.25, 0.3) is 0 Å². The Bertz CT molecular complexity index is 686. The number of rotatable bonds is 12. The van der Waals surface area contributed by atoms with E-state index in [0.29, 0.717) is 32.0 Å². The van der Waals surface area contributed by atoms with E-state index in [1.54, 1.807) is 14.0 Å². The highest BCUT2D eigenvalue weighted by molar-refractivity contribution is 14.0. The molecule has 0 heterocycles. The first kappa shape index (κ1) is 26.7. The Morgan fingerprint density at radius 3 is 2.54 bits per heavy atom. The number of nitrogens with one attached hydrogen (secondary N) is 3. The third-order valence-electron chi connectivity index (χ3n) is 3.58. The molecule has 1 atom stereocenters. The number of sulfonamides is 1. The zero-order chi connectivity index (χ0) is 20.1. The van der Waals surface area contributed by atoms with Crippen molar-refractivity contribution in [2.45, 2.75) is 33.3 Å². The van der Waals surface area contributed by atoms with Gasteiger partial charge in [0.1, 0.15) is 17.6 Å². The predicted octanol–water partition coefficient (Wildman–Crippen LogP) is 1.96. The number of ether oxygens (including phenoxy) is 2. The molecule has 0 saturated carbocycles. The number of hydrogen-bond acceptors (Lipinski definition) is 5. The molecule has 10 heteroatoms. The fourth-order valence-electron chi connectivity index (χ4n) is 2.13. The Hall–Kier alpha value is -1.27. The van der Waals surface area contributed by atoms with Crippen LogP contribution in [0, 0.1) is 0 Å². The van der Waals surface area contributed by atoms with Crippen molar-refractivity contribution in [3.63, 3.8) is 0 Å². The average Bonchev–Trinajstić information content (AvgIpc) is 2.65. The molecule has 8 nitrogen and oxygen atoms in total. The summed E-state index contributed by atoms with van der Waals surface area (Å²) in [4.78, 5) is 4.51. The van der Waals surface area contributed by atoms with Crippen LogP contribution in [0.15, 0.2) is 29.3 Å². The van der Waals surface area contributed by atoms with Crippen molar-refractivity contribution in [1.29, 1.82) is 0 Å². The molecule has 1 aromatic rings. The monoisotopic (exact) mass is 528 g/mol. The molecule has 1 aromatic carbocycles. The van der Waals surface area contributed by atoms with E-state index in [1.807, 2.05) is 38.1 Å². The van der Waals surface area contributed by atoms with E-state index in [2.05, 4.69) is 20.3 Å². The number of halogens is 1. The summed E-state index contributed by atoms with van der Waals surface area (Å²) < 4.78 is 36.3. The molecular formula is C18H33IN4O4S. The average molecular weight is 528 g/mol. The smallest absolute Gasteiger partial charge is 0.211 e. The van der Waals surface area contributed by atoms with Gasteiger partial charge in [-0.2, -0.15) is 0 Å². The van der Waals surface area contributed by atoms with Gasteiger partial charge in [-0.3, -0.25) is 0 Å². The van der Waals surface area contributed by atoms with Gasteiger partial charge in [0.25, 0.3) is 0 Å². The van der Waals surface area contributed by atoms with Gasteiger partial charge in [0.05, 0.1) is 19.4 Å². The second-order valence-electron chi connectivity index (χ2n) is 5.91. The number of guanidine groups is 1. The molecule has 0 bridgehead atoms. The van der Waals surface area contributed by atoms with E-state index in [0.717, 1.165) is 18.0 Å². The topological polar surface area (TPSA) is 101 Å². The first-order valence-electron chi connectivity index (χ1n) is 9.20. The van der Waals surface area contributed by atoms with Crippen molar-refractivity contribution < 1.29 is 17.9 Å². The lowest BCUT2D eigenvalue weighted by Gasteiger charge is -2.15. The zero-order valence-corrected chi connectivity index (χ0v) is 20.2. The van der Waals surface area contributed by atoms with Crippen molar-refractivity contribution in [3.05, 3.63) is 24.3 Å². The second kappa shape index (κ2) is 14.7. The molecule has 3 N–H and O–H groups in total. The van der Waals surface area contributed by atoms with Gasteiger partial charge in [-0.25, -0.2) is 18.1 Å². The van der Waals surface area contributed by atoms with E-state index < -0.39 is 10.0 Å². The predicted molar refractivity (Wildman–Crippen MR) is 125 cm³/mol. The maximum absolute atomic E-state index is 11.4. The lowest BCUT2D eigenvalue weighted by atomic mass is 10.3. The van der Waals surface area contributed by atoms with Crippen LogP contribution in [0.1, 0.15) is 27.2 Å². The van der Waals surface area contributed by atoms with Gasteiger partial charge in [0.15, 0.2) is 5.96 Å². The molecule has 162 valence electrons. The molecule has 0 aliphatic rings. The Labute approximate surface area is 185 Å². The normalized spacial score (nSPS) is 12.6. The van der Waals surface area contributed by atoms with Gasteiger partial charge in [-0.1, -0.05) is 6.07 Å². The van der Waals surface area contributed by atoms with Crippen molar-refractivity contribution >= 4 is 40.0 Å². The van der Waals surface area contributed by atoms with Crippen molar-refractivity contribution in [1.82, 2.24) is 15.4 Å². The molecular weight excluding hydrogens is 495 g/mol. The van der Waals surface area contributed by atoms with E-state index in [1.165, 1.54) is 0 Å². The van der Waals surface area contributed by atoms with E-state index in [9.17, 15) is 8.42 Å². The van der Waals surface area contributed by atoms with Gasteiger partial charge in [0, 0.05) is 25.7 Å². The van der Waals surface area contributed by atoms with E-state index in [4.69, 9.17) is 9.47 Å². The highest BCUT2D eigenvalue weighted by atomic mass is 127. The summed E-state index contributed by atoms with van der Waals surface area (Å²) in [7, 11) is -1.52. The molecule has 0 saturated heterocycles. The molecule has 0 amide bonds. The highest BCUT2D eigenvalue weighted by Crippen LogP contribution is 2.19. The highest BCUT2D eigenvalue weighted by Gasteiger charge is 2.07. The SMILES string of the molecule is CCNC(=NCC(C)Oc1cccc(OC)c1)NCCCNS(=O)(=O)CC.I. The summed E-state index contributed by atoms with van der Waals surface area (Å²) in [5.41, 5.74) is 0. The second-order valence-corrected chi connectivity index (χ2v) is 8.00. The van der Waals surface area contributed by atoms with Crippen LogP contribution in [0.3, 0.4) is 0 Å². The van der Waals surface area contributed by atoms with Gasteiger partial charge in [-0.05, 0) is 39.3 Å². The molecule has 1 unspecified atom stereocenters. The number of nitrogens with zero attached hydrogens (tertiary/aromatic N) is 1. The minimum absolute atomic E-state index is 0.